The lowest BCUT2D eigenvalue weighted by Crippen LogP contribution is -2.55. The van der Waals surface area contributed by atoms with E-state index in [0.717, 1.165) is 9.87 Å². The van der Waals surface area contributed by atoms with Crippen molar-refractivity contribution < 1.29 is 22.7 Å². The van der Waals surface area contributed by atoms with E-state index in [2.05, 4.69) is 5.32 Å². The molecular formula is C30H36ClN3O5S. The Morgan fingerprint density at radius 2 is 1.55 bits per heavy atom. The molecule has 0 aliphatic rings. The molecule has 0 aliphatic heterocycles. The van der Waals surface area contributed by atoms with Crippen LogP contribution < -0.4 is 14.4 Å². The molecule has 0 heterocycles. The third-order valence-corrected chi connectivity index (χ3v) is 8.23. The summed E-state index contributed by atoms with van der Waals surface area (Å²) in [5.74, 6) is -0.344. The fraction of sp³-hybridized carbons (Fsp3) is 0.333. The van der Waals surface area contributed by atoms with Crippen LogP contribution >= 0.6 is 11.6 Å². The summed E-state index contributed by atoms with van der Waals surface area (Å²) in [5.41, 5.74) is 0.750. The number of halogens is 1. The lowest BCUT2D eigenvalue weighted by Gasteiger charge is -2.33. The van der Waals surface area contributed by atoms with Gasteiger partial charge in [0.1, 0.15) is 18.3 Å². The van der Waals surface area contributed by atoms with Crippen molar-refractivity contribution in [3.63, 3.8) is 0 Å². The maximum atomic E-state index is 13.9. The Morgan fingerprint density at radius 1 is 0.950 bits per heavy atom. The lowest BCUT2D eigenvalue weighted by molar-refractivity contribution is -0.139. The van der Waals surface area contributed by atoms with E-state index in [9.17, 15) is 18.0 Å². The second-order valence-electron chi connectivity index (χ2n) is 10.4. The van der Waals surface area contributed by atoms with Gasteiger partial charge in [0, 0.05) is 17.1 Å². The van der Waals surface area contributed by atoms with E-state index in [1.807, 2.05) is 51.1 Å². The molecule has 0 aliphatic carbocycles. The Bertz CT molecular complexity index is 1390. The summed E-state index contributed by atoms with van der Waals surface area (Å²) in [6.07, 6.45) is 0.492. The van der Waals surface area contributed by atoms with Crippen LogP contribution in [0.25, 0.3) is 0 Å². The highest BCUT2D eigenvalue weighted by Crippen LogP contribution is 2.27. The Kier molecular flexibility index (Phi) is 10.2. The minimum Gasteiger partial charge on any atom is -0.497 e. The Labute approximate surface area is 241 Å². The van der Waals surface area contributed by atoms with Gasteiger partial charge in [-0.2, -0.15) is 0 Å². The summed E-state index contributed by atoms with van der Waals surface area (Å²) >= 11 is 6.06. The van der Waals surface area contributed by atoms with Crippen molar-refractivity contribution in [3.8, 4) is 5.75 Å². The van der Waals surface area contributed by atoms with Gasteiger partial charge >= 0.3 is 0 Å². The monoisotopic (exact) mass is 585 g/mol. The predicted octanol–water partition coefficient (Wildman–Crippen LogP) is 4.92. The van der Waals surface area contributed by atoms with Crippen molar-refractivity contribution in [1.82, 2.24) is 10.2 Å². The average molecular weight is 586 g/mol. The average Bonchev–Trinajstić information content (AvgIpc) is 2.92. The number of benzene rings is 3. The molecule has 0 spiro atoms. The van der Waals surface area contributed by atoms with Crippen LogP contribution in [0.2, 0.25) is 5.02 Å². The predicted molar refractivity (Wildman–Crippen MR) is 158 cm³/mol. The zero-order valence-corrected chi connectivity index (χ0v) is 25.0. The van der Waals surface area contributed by atoms with Crippen molar-refractivity contribution >= 4 is 39.1 Å². The van der Waals surface area contributed by atoms with Gasteiger partial charge in [0.05, 0.1) is 17.7 Å². The van der Waals surface area contributed by atoms with E-state index >= 15 is 0 Å². The number of hydrogen-bond acceptors (Lipinski definition) is 5. The summed E-state index contributed by atoms with van der Waals surface area (Å²) in [5, 5.41) is 3.34. The highest BCUT2D eigenvalue weighted by molar-refractivity contribution is 7.92. The van der Waals surface area contributed by atoms with Crippen LogP contribution in [0.1, 0.15) is 33.3 Å². The molecule has 1 N–H and O–H groups in total. The normalized spacial score (nSPS) is 12.3. The highest BCUT2D eigenvalue weighted by atomic mass is 35.5. The van der Waals surface area contributed by atoms with E-state index in [0.29, 0.717) is 17.2 Å². The minimum atomic E-state index is -4.18. The number of carbonyl (C=O) groups excluding carboxylic acids is 2. The summed E-state index contributed by atoms with van der Waals surface area (Å²) in [7, 11) is -2.69. The van der Waals surface area contributed by atoms with Gasteiger partial charge in [-0.3, -0.25) is 13.9 Å². The molecule has 10 heteroatoms. The first-order valence-electron chi connectivity index (χ1n) is 12.9. The molecule has 3 aromatic rings. The second-order valence-corrected chi connectivity index (χ2v) is 12.7. The molecule has 40 heavy (non-hydrogen) atoms. The van der Waals surface area contributed by atoms with E-state index < -0.39 is 34.1 Å². The van der Waals surface area contributed by atoms with Crippen LogP contribution in [-0.4, -0.2) is 56.9 Å². The molecule has 0 fully saturated rings. The van der Waals surface area contributed by atoms with E-state index in [4.69, 9.17) is 16.3 Å². The molecule has 0 saturated heterocycles. The van der Waals surface area contributed by atoms with Crippen molar-refractivity contribution in [2.75, 3.05) is 24.5 Å². The van der Waals surface area contributed by atoms with Gasteiger partial charge in [-0.15, -0.1) is 0 Å². The zero-order chi connectivity index (χ0) is 29.5. The number of rotatable bonds is 11. The number of sulfonamides is 1. The summed E-state index contributed by atoms with van der Waals surface area (Å²) in [4.78, 5) is 28.4. The molecule has 3 aromatic carbocycles. The van der Waals surface area contributed by atoms with Crippen molar-refractivity contribution in [2.24, 2.45) is 0 Å². The molecule has 8 nitrogen and oxygen atoms in total. The van der Waals surface area contributed by atoms with Gasteiger partial charge in [0.15, 0.2) is 0 Å². The number of hydrogen-bond donors (Lipinski definition) is 1. The van der Waals surface area contributed by atoms with Gasteiger partial charge in [-0.1, -0.05) is 41.9 Å². The highest BCUT2D eigenvalue weighted by Gasteiger charge is 2.33. The minimum absolute atomic E-state index is 0.00888. The maximum absolute atomic E-state index is 13.9. The fourth-order valence-corrected chi connectivity index (χ4v) is 5.60. The molecule has 3 rings (SSSR count). The number of anilines is 1. The van der Waals surface area contributed by atoms with Gasteiger partial charge in [-0.25, -0.2) is 8.42 Å². The lowest BCUT2D eigenvalue weighted by atomic mass is 10.1. The molecule has 0 unspecified atom stereocenters. The van der Waals surface area contributed by atoms with Gasteiger partial charge in [-0.05, 0) is 88.2 Å². The van der Waals surface area contributed by atoms with Crippen LogP contribution in [0.15, 0.2) is 83.8 Å². The Hall–Kier alpha value is -3.56. The fourth-order valence-electron chi connectivity index (χ4n) is 4.06. The summed E-state index contributed by atoms with van der Waals surface area (Å²) in [6, 6.07) is 20.9. The zero-order valence-electron chi connectivity index (χ0n) is 23.4. The topological polar surface area (TPSA) is 96.0 Å². The standard InChI is InChI=1S/C30H36ClN3O5S/c1-22(29(36)32-30(2,3)4)33(20-19-23-9-7-6-8-10-23)28(35)21-34(25-13-11-24(31)12-14-25)40(37,38)27-17-15-26(39-5)16-18-27/h6-18,22H,19-21H2,1-5H3,(H,32,36)/t22-/m1/s1. The third kappa shape index (κ3) is 8.22. The number of carbonyl (C=O) groups is 2. The second kappa shape index (κ2) is 13.2. The first-order valence-corrected chi connectivity index (χ1v) is 14.7. The maximum Gasteiger partial charge on any atom is 0.264 e. The van der Waals surface area contributed by atoms with E-state index in [1.165, 1.54) is 24.1 Å². The van der Waals surface area contributed by atoms with Crippen molar-refractivity contribution in [3.05, 3.63) is 89.4 Å². The summed E-state index contributed by atoms with van der Waals surface area (Å²) < 4.78 is 33.9. The Balaban J connectivity index is 1.98. The van der Waals surface area contributed by atoms with Gasteiger partial charge in [0.25, 0.3) is 10.0 Å². The van der Waals surface area contributed by atoms with Gasteiger partial charge < -0.3 is 15.0 Å². The van der Waals surface area contributed by atoms with E-state index in [1.54, 1.807) is 43.3 Å². The smallest absolute Gasteiger partial charge is 0.264 e. The van der Waals surface area contributed by atoms with E-state index in [-0.39, 0.29) is 23.0 Å². The SMILES string of the molecule is COc1ccc(S(=O)(=O)N(CC(=O)N(CCc2ccccc2)[C@H](C)C(=O)NC(C)(C)C)c2ccc(Cl)cc2)cc1. The first kappa shape index (κ1) is 31.0. The molecule has 0 bridgehead atoms. The molecular weight excluding hydrogens is 550 g/mol. The molecule has 1 atom stereocenters. The van der Waals surface area contributed by atoms with Crippen molar-refractivity contribution in [1.29, 1.82) is 0 Å². The van der Waals surface area contributed by atoms with Crippen LogP contribution in [0.5, 0.6) is 5.75 Å². The molecule has 214 valence electrons. The summed E-state index contributed by atoms with van der Waals surface area (Å²) in [6.45, 7) is 6.93. The largest absolute Gasteiger partial charge is 0.497 e. The first-order chi connectivity index (χ1) is 18.8. The Morgan fingerprint density at radius 3 is 2.10 bits per heavy atom. The van der Waals surface area contributed by atoms with Gasteiger partial charge in [0.2, 0.25) is 11.8 Å². The van der Waals surface area contributed by atoms with Crippen molar-refractivity contribution in [2.45, 2.75) is 50.6 Å². The molecule has 0 aromatic heterocycles. The third-order valence-electron chi connectivity index (χ3n) is 6.19. The number of amides is 2. The molecule has 0 radical (unpaired) electrons. The number of nitrogens with one attached hydrogen (secondary N) is 1. The number of nitrogens with zero attached hydrogens (tertiary/aromatic N) is 2. The molecule has 2 amide bonds. The van der Waals surface area contributed by atoms with Crippen LogP contribution in [0.4, 0.5) is 5.69 Å². The van der Waals surface area contributed by atoms with Crippen LogP contribution in [0.3, 0.4) is 0 Å². The van der Waals surface area contributed by atoms with Crippen LogP contribution in [0, 0.1) is 0 Å². The number of methoxy groups -OCH3 is 1. The quantitative estimate of drug-likeness (QED) is 0.345. The molecule has 0 saturated carbocycles. The van der Waals surface area contributed by atoms with Crippen LogP contribution in [-0.2, 0) is 26.0 Å². The number of ether oxygens (including phenoxy) is 1.